The van der Waals surface area contributed by atoms with Crippen LogP contribution in [0, 0.1) is 6.92 Å². The molecule has 0 atom stereocenters. The highest BCUT2D eigenvalue weighted by molar-refractivity contribution is 6.34. The predicted octanol–water partition coefficient (Wildman–Crippen LogP) is 2.94. The van der Waals surface area contributed by atoms with Crippen LogP contribution in [-0.4, -0.2) is 13.0 Å². The Bertz CT molecular complexity index is 462. The number of benzene rings is 1. The van der Waals surface area contributed by atoms with E-state index in [0.717, 1.165) is 5.56 Å². The smallest absolute Gasteiger partial charge is 0.256 e. The quantitative estimate of drug-likeness (QED) is 0.648. The van der Waals surface area contributed by atoms with Gasteiger partial charge in [-0.3, -0.25) is 4.79 Å². The molecule has 0 aliphatic carbocycles. The maximum Gasteiger partial charge on any atom is 0.256 e. The van der Waals surface area contributed by atoms with Crippen molar-refractivity contribution in [1.82, 2.24) is 0 Å². The van der Waals surface area contributed by atoms with Gasteiger partial charge in [0.05, 0.1) is 17.8 Å². The third kappa shape index (κ3) is 2.89. The van der Waals surface area contributed by atoms with E-state index in [1.54, 1.807) is 19.2 Å². The molecule has 4 heteroatoms. The highest BCUT2D eigenvalue weighted by atomic mass is 35.5. The first-order valence-corrected chi connectivity index (χ1v) is 4.97. The average Bonchev–Trinajstić information content (AvgIpc) is 2.23. The molecule has 3 nitrogen and oxygen atoms in total. The molecule has 0 spiro atoms. The van der Waals surface area contributed by atoms with Crippen LogP contribution in [0.3, 0.4) is 0 Å². The minimum Gasteiger partial charge on any atom is -0.496 e. The van der Waals surface area contributed by atoms with Gasteiger partial charge >= 0.3 is 0 Å². The molecule has 0 aliphatic rings. The van der Waals surface area contributed by atoms with Crippen molar-refractivity contribution in [2.45, 2.75) is 6.92 Å². The average molecular weight is 238 g/mol. The first-order valence-electron chi connectivity index (χ1n) is 4.59. The van der Waals surface area contributed by atoms with E-state index in [1.807, 2.05) is 6.92 Å². The zero-order chi connectivity index (χ0) is 12.1. The normalized spacial score (nSPS) is 9.19. The number of halogens is 1. The van der Waals surface area contributed by atoms with E-state index in [0.29, 0.717) is 16.5 Å². The van der Waals surface area contributed by atoms with Gasteiger partial charge in [0.1, 0.15) is 5.75 Å². The zero-order valence-electron chi connectivity index (χ0n) is 9.13. The minimum atomic E-state index is -0.318. The maximum absolute atomic E-state index is 11.3. The molecule has 1 amide bonds. The summed E-state index contributed by atoms with van der Waals surface area (Å²) in [6.07, 6.45) is 1.20. The van der Waals surface area contributed by atoms with Crippen LogP contribution in [-0.2, 0) is 4.79 Å². The number of aryl methyl sites for hydroxylation is 1. The summed E-state index contributed by atoms with van der Waals surface area (Å²) in [5.74, 6) is 0.365. The number of hydrogen-bond donors (Lipinski definition) is 1. The Hall–Kier alpha value is -1.70. The summed E-state index contributed by atoms with van der Waals surface area (Å²) >= 11 is 5.98. The zero-order valence-corrected chi connectivity index (χ0v) is 9.89. The molecule has 16 heavy (non-hydrogen) atoms. The fraction of sp³-hybridized carbons (Fsp3) is 0.167. The molecular weight excluding hydrogens is 226 g/mol. The number of nitrogens with one attached hydrogen (secondary N) is 1. The van der Waals surface area contributed by atoms with Gasteiger partial charge in [0.15, 0.2) is 0 Å². The summed E-state index contributed by atoms with van der Waals surface area (Å²) in [7, 11) is 1.57. The Morgan fingerprint density at radius 2 is 2.31 bits per heavy atom. The third-order valence-electron chi connectivity index (χ3n) is 1.98. The second kappa shape index (κ2) is 5.40. The van der Waals surface area contributed by atoms with E-state index >= 15 is 0 Å². The number of carbonyl (C=O) groups excluding carboxylic acids is 1. The standard InChI is InChI=1S/C12H12ClNO2/c1-4-5-12(15)14-10-6-8(2)11(16-3)7-9(10)13/h5-7H,1H2,2-3H3,(H,14,15). The fourth-order valence-electron chi connectivity index (χ4n) is 1.24. The third-order valence-corrected chi connectivity index (χ3v) is 2.29. The summed E-state index contributed by atoms with van der Waals surface area (Å²) in [5, 5.41) is 3.04. The summed E-state index contributed by atoms with van der Waals surface area (Å²) in [4.78, 5) is 11.3. The van der Waals surface area contributed by atoms with Crippen molar-refractivity contribution in [3.63, 3.8) is 0 Å². The predicted molar refractivity (Wildman–Crippen MR) is 65.1 cm³/mol. The number of amides is 1. The molecule has 1 N–H and O–H groups in total. The number of rotatable bonds is 3. The molecule has 1 aromatic carbocycles. The minimum absolute atomic E-state index is 0.318. The van der Waals surface area contributed by atoms with Crippen molar-refractivity contribution in [2.24, 2.45) is 0 Å². The molecule has 0 fully saturated rings. The first kappa shape index (κ1) is 12.4. The van der Waals surface area contributed by atoms with Crippen molar-refractivity contribution in [3.05, 3.63) is 41.1 Å². The van der Waals surface area contributed by atoms with Crippen molar-refractivity contribution < 1.29 is 9.53 Å². The van der Waals surface area contributed by atoms with E-state index in [-0.39, 0.29) is 5.91 Å². The van der Waals surface area contributed by atoms with Gasteiger partial charge in [-0.1, -0.05) is 18.2 Å². The van der Waals surface area contributed by atoms with E-state index in [4.69, 9.17) is 16.3 Å². The second-order valence-corrected chi connectivity index (χ2v) is 3.55. The second-order valence-electron chi connectivity index (χ2n) is 3.14. The van der Waals surface area contributed by atoms with Gasteiger partial charge in [-0.2, -0.15) is 0 Å². The van der Waals surface area contributed by atoms with Crippen LogP contribution in [0.25, 0.3) is 0 Å². The van der Waals surface area contributed by atoms with Crippen molar-refractivity contribution in [3.8, 4) is 5.75 Å². The SMILES string of the molecule is C=C=CC(=O)Nc1cc(C)c(OC)cc1Cl. The summed E-state index contributed by atoms with van der Waals surface area (Å²) < 4.78 is 5.11. The van der Waals surface area contributed by atoms with Crippen LogP contribution in [0.5, 0.6) is 5.75 Å². The molecule has 0 aromatic heterocycles. The van der Waals surface area contributed by atoms with Gasteiger partial charge in [0, 0.05) is 12.1 Å². The summed E-state index contributed by atoms with van der Waals surface area (Å²) in [5.41, 5.74) is 3.82. The van der Waals surface area contributed by atoms with Crippen LogP contribution in [0.1, 0.15) is 5.56 Å². The molecule has 0 bridgehead atoms. The van der Waals surface area contributed by atoms with Crippen LogP contribution < -0.4 is 10.1 Å². The van der Waals surface area contributed by atoms with Gasteiger partial charge in [0.25, 0.3) is 5.91 Å². The van der Waals surface area contributed by atoms with Gasteiger partial charge in [-0.25, -0.2) is 0 Å². The molecular formula is C12H12ClNO2. The maximum atomic E-state index is 11.3. The summed E-state index contributed by atoms with van der Waals surface area (Å²) in [6.45, 7) is 5.18. The van der Waals surface area contributed by atoms with Crippen LogP contribution >= 0.6 is 11.6 Å². The summed E-state index contributed by atoms with van der Waals surface area (Å²) in [6, 6.07) is 3.40. The molecule has 1 rings (SSSR count). The lowest BCUT2D eigenvalue weighted by molar-refractivity contribution is -0.111. The van der Waals surface area contributed by atoms with Crippen LogP contribution in [0.4, 0.5) is 5.69 Å². The lowest BCUT2D eigenvalue weighted by Gasteiger charge is -2.09. The Morgan fingerprint density at radius 1 is 1.62 bits per heavy atom. The number of anilines is 1. The number of carbonyl (C=O) groups is 1. The molecule has 1 aromatic rings. The topological polar surface area (TPSA) is 38.3 Å². The van der Waals surface area contributed by atoms with Gasteiger partial charge in [-0.05, 0) is 18.6 Å². The van der Waals surface area contributed by atoms with Crippen molar-refractivity contribution in [2.75, 3.05) is 12.4 Å². The highest BCUT2D eigenvalue weighted by Gasteiger charge is 2.07. The van der Waals surface area contributed by atoms with Gasteiger partial charge in [0.2, 0.25) is 0 Å². The lowest BCUT2D eigenvalue weighted by Crippen LogP contribution is -2.08. The van der Waals surface area contributed by atoms with Gasteiger partial charge < -0.3 is 10.1 Å². The van der Waals surface area contributed by atoms with E-state index in [2.05, 4.69) is 17.6 Å². The van der Waals surface area contributed by atoms with E-state index in [1.165, 1.54) is 6.08 Å². The van der Waals surface area contributed by atoms with Crippen molar-refractivity contribution in [1.29, 1.82) is 0 Å². The molecule has 0 radical (unpaired) electrons. The lowest BCUT2D eigenvalue weighted by atomic mass is 10.2. The Labute approximate surface area is 99.4 Å². The Kier molecular flexibility index (Phi) is 4.18. The molecule has 0 heterocycles. The molecule has 84 valence electrons. The van der Waals surface area contributed by atoms with Crippen LogP contribution in [0.15, 0.2) is 30.5 Å². The Morgan fingerprint density at radius 3 is 2.88 bits per heavy atom. The first-order chi connectivity index (χ1) is 7.58. The molecule has 0 aliphatic heterocycles. The molecule has 0 saturated carbocycles. The van der Waals surface area contributed by atoms with Crippen LogP contribution in [0.2, 0.25) is 5.02 Å². The fourth-order valence-corrected chi connectivity index (χ4v) is 1.44. The van der Waals surface area contributed by atoms with E-state index in [9.17, 15) is 4.79 Å². The molecule has 0 unspecified atom stereocenters. The van der Waals surface area contributed by atoms with Crippen molar-refractivity contribution >= 4 is 23.2 Å². The molecule has 0 saturated heterocycles. The number of ether oxygens (including phenoxy) is 1. The van der Waals surface area contributed by atoms with Gasteiger partial charge in [-0.15, -0.1) is 5.73 Å². The monoisotopic (exact) mass is 237 g/mol. The number of methoxy groups -OCH3 is 1. The van der Waals surface area contributed by atoms with E-state index < -0.39 is 0 Å². The highest BCUT2D eigenvalue weighted by Crippen LogP contribution is 2.30. The Balaban J connectivity index is 3.02. The largest absolute Gasteiger partial charge is 0.496 e. The number of hydrogen-bond acceptors (Lipinski definition) is 2.